The minimum Gasteiger partial charge on any atom is -0.460 e. The van der Waals surface area contributed by atoms with Crippen LogP contribution < -0.4 is 17.1 Å². The van der Waals surface area contributed by atoms with Crippen molar-refractivity contribution < 1.29 is 24.2 Å². The maximum absolute atomic E-state index is 11.8. The lowest BCUT2D eigenvalue weighted by Crippen LogP contribution is -2.46. The van der Waals surface area contributed by atoms with E-state index in [2.05, 4.69) is 13.2 Å². The Kier molecular flexibility index (Phi) is 9.00. The number of carbonyl (C=O) groups excluding carboxylic acids is 2. The van der Waals surface area contributed by atoms with Gasteiger partial charge < -0.3 is 14.6 Å². The van der Waals surface area contributed by atoms with E-state index in [1.807, 2.05) is 9.97 Å². The molecule has 0 aliphatic carbocycles. The molecular formula is C18H25N3O8. The van der Waals surface area contributed by atoms with Crippen LogP contribution in [0.4, 0.5) is 0 Å². The Balaban J connectivity index is 3.02. The zero-order chi connectivity index (χ0) is 22.1. The predicted molar refractivity (Wildman–Crippen MR) is 102 cm³/mol. The van der Waals surface area contributed by atoms with Crippen molar-refractivity contribution >= 4 is 11.9 Å². The standard InChI is InChI=1S/C18H25N3O8/c1-5-14(23)28-10(3)7-12(8-11(4)29-15(24)6-2)13(22)9-21-17(26)19-16(25)20-18(21)27/h5-6,10-13,22H,1-2,7-9H2,3-4H3,(H2,19,20,25,26,27). The lowest BCUT2D eigenvalue weighted by molar-refractivity contribution is -0.144. The molecule has 0 bridgehead atoms. The molecule has 160 valence electrons. The third-order valence-electron chi connectivity index (χ3n) is 4.08. The Morgan fingerprint density at radius 2 is 1.41 bits per heavy atom. The average Bonchev–Trinajstić information content (AvgIpc) is 2.63. The van der Waals surface area contributed by atoms with Crippen molar-refractivity contribution in [3.63, 3.8) is 0 Å². The monoisotopic (exact) mass is 411 g/mol. The van der Waals surface area contributed by atoms with E-state index >= 15 is 0 Å². The maximum atomic E-state index is 11.8. The van der Waals surface area contributed by atoms with Crippen LogP contribution in [0.1, 0.15) is 26.7 Å². The van der Waals surface area contributed by atoms with Gasteiger partial charge in [-0.2, -0.15) is 0 Å². The summed E-state index contributed by atoms with van der Waals surface area (Å²) in [4.78, 5) is 61.4. The SMILES string of the molecule is C=CC(=O)OC(C)CC(CC(C)OC(=O)C=C)C(O)Cn1c(=O)[nH]c(=O)[nH]c1=O. The summed E-state index contributed by atoms with van der Waals surface area (Å²) in [5.74, 6) is -1.93. The fraction of sp³-hybridized carbons (Fsp3) is 0.500. The summed E-state index contributed by atoms with van der Waals surface area (Å²) < 4.78 is 10.8. The number of aromatic nitrogens is 3. The van der Waals surface area contributed by atoms with Gasteiger partial charge in [0.1, 0.15) is 0 Å². The number of aliphatic hydroxyl groups excluding tert-OH is 1. The first-order chi connectivity index (χ1) is 13.6. The second-order valence-corrected chi connectivity index (χ2v) is 6.50. The smallest absolute Gasteiger partial charge is 0.333 e. The van der Waals surface area contributed by atoms with Crippen molar-refractivity contribution in [2.45, 2.75) is 51.5 Å². The summed E-state index contributed by atoms with van der Waals surface area (Å²) in [5, 5.41) is 10.6. The zero-order valence-electron chi connectivity index (χ0n) is 16.3. The number of H-pyrrole nitrogens is 2. The summed E-state index contributed by atoms with van der Waals surface area (Å²) in [5.41, 5.74) is -2.92. The van der Waals surface area contributed by atoms with Crippen LogP contribution in [0.2, 0.25) is 0 Å². The molecule has 0 saturated carbocycles. The summed E-state index contributed by atoms with van der Waals surface area (Å²) in [6.07, 6.45) is -0.235. The highest BCUT2D eigenvalue weighted by atomic mass is 16.5. The first kappa shape index (κ1) is 23.8. The minimum atomic E-state index is -1.26. The summed E-state index contributed by atoms with van der Waals surface area (Å²) in [6.45, 7) is 9.37. The van der Waals surface area contributed by atoms with Crippen LogP contribution in [-0.2, 0) is 25.6 Å². The van der Waals surface area contributed by atoms with E-state index in [-0.39, 0.29) is 12.8 Å². The van der Waals surface area contributed by atoms with Crippen LogP contribution >= 0.6 is 0 Å². The van der Waals surface area contributed by atoms with Crippen molar-refractivity contribution in [3.05, 3.63) is 56.8 Å². The lowest BCUT2D eigenvalue weighted by Gasteiger charge is -2.28. The number of hydrogen-bond donors (Lipinski definition) is 3. The highest BCUT2D eigenvalue weighted by Gasteiger charge is 2.27. The van der Waals surface area contributed by atoms with Gasteiger partial charge in [-0.15, -0.1) is 0 Å². The summed E-state index contributed by atoms with van der Waals surface area (Å²) in [6, 6.07) is 0. The number of hydrogen-bond acceptors (Lipinski definition) is 8. The maximum Gasteiger partial charge on any atom is 0.333 e. The van der Waals surface area contributed by atoms with Crippen molar-refractivity contribution in [1.82, 2.24) is 14.5 Å². The highest BCUT2D eigenvalue weighted by molar-refractivity contribution is 5.81. The number of aromatic amines is 2. The van der Waals surface area contributed by atoms with E-state index in [4.69, 9.17) is 9.47 Å². The van der Waals surface area contributed by atoms with Gasteiger partial charge >= 0.3 is 29.0 Å². The second-order valence-electron chi connectivity index (χ2n) is 6.50. The van der Waals surface area contributed by atoms with Gasteiger partial charge in [-0.1, -0.05) is 13.2 Å². The van der Waals surface area contributed by atoms with E-state index in [0.29, 0.717) is 4.57 Å². The predicted octanol–water partition coefficient (Wildman–Crippen LogP) is -0.782. The van der Waals surface area contributed by atoms with E-state index in [1.54, 1.807) is 13.8 Å². The molecule has 0 aliphatic heterocycles. The van der Waals surface area contributed by atoms with Crippen molar-refractivity contribution in [3.8, 4) is 0 Å². The number of ether oxygens (including phenoxy) is 2. The van der Waals surface area contributed by atoms with Crippen molar-refractivity contribution in [2.24, 2.45) is 5.92 Å². The number of aliphatic hydroxyl groups is 1. The minimum absolute atomic E-state index is 0.146. The van der Waals surface area contributed by atoms with Crippen LogP contribution in [0.25, 0.3) is 0 Å². The lowest BCUT2D eigenvalue weighted by atomic mass is 9.90. The van der Waals surface area contributed by atoms with E-state index in [0.717, 1.165) is 12.2 Å². The number of rotatable bonds is 11. The molecule has 1 aromatic heterocycles. The molecule has 29 heavy (non-hydrogen) atoms. The Morgan fingerprint density at radius 3 is 1.79 bits per heavy atom. The van der Waals surface area contributed by atoms with Crippen LogP contribution in [0.15, 0.2) is 39.7 Å². The molecule has 0 aliphatic rings. The molecule has 0 saturated heterocycles. The van der Waals surface area contributed by atoms with Gasteiger partial charge in [-0.05, 0) is 32.6 Å². The zero-order valence-corrected chi connectivity index (χ0v) is 16.3. The molecule has 1 aromatic rings. The average molecular weight is 411 g/mol. The van der Waals surface area contributed by atoms with Crippen LogP contribution in [-0.4, -0.2) is 49.9 Å². The number of nitrogens with zero attached hydrogens (tertiary/aromatic N) is 1. The quantitative estimate of drug-likeness (QED) is 0.316. The first-order valence-electron chi connectivity index (χ1n) is 8.85. The van der Waals surface area contributed by atoms with Gasteiger partial charge in [0.15, 0.2) is 0 Å². The topological polar surface area (TPSA) is 161 Å². The van der Waals surface area contributed by atoms with Crippen LogP contribution in [0.3, 0.4) is 0 Å². The molecule has 0 amide bonds. The molecule has 0 aromatic carbocycles. The first-order valence-corrected chi connectivity index (χ1v) is 8.85. The Bertz CT molecular complexity index is 848. The van der Waals surface area contributed by atoms with Gasteiger partial charge in [0.05, 0.1) is 24.9 Å². The number of carbonyl (C=O) groups is 2. The molecule has 1 heterocycles. The van der Waals surface area contributed by atoms with Crippen molar-refractivity contribution in [1.29, 1.82) is 0 Å². The molecule has 1 rings (SSSR count). The van der Waals surface area contributed by atoms with E-state index in [9.17, 15) is 29.1 Å². The van der Waals surface area contributed by atoms with Crippen molar-refractivity contribution in [2.75, 3.05) is 0 Å². The number of esters is 2. The molecule has 3 unspecified atom stereocenters. The van der Waals surface area contributed by atoms with E-state index < -0.39 is 59.8 Å². The highest BCUT2D eigenvalue weighted by Crippen LogP contribution is 2.22. The third-order valence-corrected chi connectivity index (χ3v) is 4.08. The normalized spacial score (nSPS) is 14.9. The van der Waals surface area contributed by atoms with Crippen LogP contribution in [0.5, 0.6) is 0 Å². The largest absolute Gasteiger partial charge is 0.460 e. The molecule has 11 heteroatoms. The Morgan fingerprint density at radius 1 is 1.00 bits per heavy atom. The molecule has 3 atom stereocenters. The Labute approximate surface area is 165 Å². The molecule has 11 nitrogen and oxygen atoms in total. The van der Waals surface area contributed by atoms with Gasteiger partial charge in [0, 0.05) is 12.2 Å². The van der Waals surface area contributed by atoms with Gasteiger partial charge in [0.2, 0.25) is 0 Å². The second kappa shape index (κ2) is 11.0. The number of nitrogens with one attached hydrogen (secondary N) is 2. The fourth-order valence-electron chi connectivity index (χ4n) is 2.81. The molecule has 0 radical (unpaired) electrons. The van der Waals surface area contributed by atoms with E-state index in [1.165, 1.54) is 0 Å². The fourth-order valence-corrected chi connectivity index (χ4v) is 2.81. The van der Waals surface area contributed by atoms with Crippen LogP contribution in [0, 0.1) is 5.92 Å². The molecular weight excluding hydrogens is 386 g/mol. The molecule has 0 spiro atoms. The van der Waals surface area contributed by atoms with Gasteiger partial charge in [-0.3, -0.25) is 9.97 Å². The van der Waals surface area contributed by atoms with Gasteiger partial charge in [-0.25, -0.2) is 28.5 Å². The summed E-state index contributed by atoms with van der Waals surface area (Å²) >= 11 is 0. The van der Waals surface area contributed by atoms with Gasteiger partial charge in [0.25, 0.3) is 0 Å². The molecule has 0 fully saturated rings. The molecule has 3 N–H and O–H groups in total. The third kappa shape index (κ3) is 7.74. The Hall–Kier alpha value is -3.21. The summed E-state index contributed by atoms with van der Waals surface area (Å²) in [7, 11) is 0.